The molecule has 0 unspecified atom stereocenters. The van der Waals surface area contributed by atoms with Crippen molar-refractivity contribution in [3.05, 3.63) is 24.3 Å². The summed E-state index contributed by atoms with van der Waals surface area (Å²) in [5.41, 5.74) is 0.644. The van der Waals surface area contributed by atoms with Gasteiger partial charge in [-0.1, -0.05) is 0 Å². The summed E-state index contributed by atoms with van der Waals surface area (Å²) in [5, 5.41) is 7.41. The Morgan fingerprint density at radius 1 is 1.05 bits per heavy atom. The lowest BCUT2D eigenvalue weighted by atomic mass is 10.2. The van der Waals surface area contributed by atoms with Gasteiger partial charge in [0.25, 0.3) is 11.8 Å². The van der Waals surface area contributed by atoms with Gasteiger partial charge in [-0.2, -0.15) is 5.10 Å². The van der Waals surface area contributed by atoms with Crippen molar-refractivity contribution in [3.8, 4) is 11.5 Å². The number of benzene rings is 1. The van der Waals surface area contributed by atoms with E-state index in [9.17, 15) is 9.59 Å². The maximum Gasteiger partial charge on any atom is 0.259 e. The van der Waals surface area contributed by atoms with Crippen LogP contribution in [-0.2, 0) is 9.59 Å². The summed E-state index contributed by atoms with van der Waals surface area (Å²) >= 11 is 0. The molecule has 0 atom stereocenters. The SMILES string of the molecule is COc1cc2[nH]nc(N3C(=O)C=CC3=O)c2cc1OC. The zero-order valence-electron chi connectivity index (χ0n) is 10.8. The highest BCUT2D eigenvalue weighted by molar-refractivity contribution is 6.29. The molecule has 0 fully saturated rings. The molecule has 2 aromatic rings. The van der Waals surface area contributed by atoms with Crippen molar-refractivity contribution in [2.24, 2.45) is 0 Å². The number of rotatable bonds is 3. The second-order valence-corrected chi connectivity index (χ2v) is 4.15. The van der Waals surface area contributed by atoms with E-state index in [1.54, 1.807) is 12.1 Å². The summed E-state index contributed by atoms with van der Waals surface area (Å²) in [4.78, 5) is 24.4. The van der Waals surface area contributed by atoms with Crippen LogP contribution >= 0.6 is 0 Å². The minimum absolute atomic E-state index is 0.251. The number of hydrogen-bond donors (Lipinski definition) is 1. The van der Waals surface area contributed by atoms with E-state index in [0.717, 1.165) is 4.90 Å². The number of aromatic nitrogens is 2. The average Bonchev–Trinajstić information content (AvgIpc) is 3.00. The third-order valence-corrected chi connectivity index (χ3v) is 3.07. The Morgan fingerprint density at radius 3 is 2.25 bits per heavy atom. The van der Waals surface area contributed by atoms with E-state index in [2.05, 4.69) is 10.2 Å². The number of nitrogens with one attached hydrogen (secondary N) is 1. The van der Waals surface area contributed by atoms with E-state index in [1.807, 2.05) is 0 Å². The Hall–Kier alpha value is -2.83. The Bertz CT molecular complexity index is 729. The Kier molecular flexibility index (Phi) is 2.67. The number of nitrogens with zero attached hydrogens (tertiary/aromatic N) is 2. The van der Waals surface area contributed by atoms with E-state index in [-0.39, 0.29) is 5.82 Å². The van der Waals surface area contributed by atoms with Crippen LogP contribution < -0.4 is 14.4 Å². The molecule has 7 heteroatoms. The molecule has 0 saturated carbocycles. The predicted octanol–water partition coefficient (Wildman–Crippen LogP) is 1.01. The Balaban J connectivity index is 2.18. The molecule has 0 bridgehead atoms. The smallest absolute Gasteiger partial charge is 0.259 e. The van der Waals surface area contributed by atoms with Crippen molar-refractivity contribution < 1.29 is 19.1 Å². The highest BCUT2D eigenvalue weighted by atomic mass is 16.5. The number of fused-ring (bicyclic) bond motifs is 1. The van der Waals surface area contributed by atoms with Gasteiger partial charge in [0, 0.05) is 23.6 Å². The van der Waals surface area contributed by atoms with Crippen molar-refractivity contribution in [1.82, 2.24) is 10.2 Å². The molecule has 1 aliphatic rings. The molecule has 0 aliphatic carbocycles. The summed E-state index contributed by atoms with van der Waals surface area (Å²) in [7, 11) is 3.04. The van der Waals surface area contributed by atoms with Gasteiger partial charge in [0.15, 0.2) is 17.3 Å². The third kappa shape index (κ3) is 1.63. The lowest BCUT2D eigenvalue weighted by Gasteiger charge is -2.11. The fourth-order valence-corrected chi connectivity index (χ4v) is 2.11. The molecule has 20 heavy (non-hydrogen) atoms. The molecule has 1 aromatic heterocycles. The number of imide groups is 1. The first-order chi connectivity index (χ1) is 9.65. The van der Waals surface area contributed by atoms with Gasteiger partial charge in [0.1, 0.15) is 0 Å². The number of carbonyl (C=O) groups is 2. The number of methoxy groups -OCH3 is 2. The minimum Gasteiger partial charge on any atom is -0.493 e. The quantitative estimate of drug-likeness (QED) is 0.844. The van der Waals surface area contributed by atoms with Gasteiger partial charge in [-0.25, -0.2) is 4.90 Å². The topological polar surface area (TPSA) is 84.5 Å². The maximum absolute atomic E-state index is 11.7. The summed E-state index contributed by atoms with van der Waals surface area (Å²) in [5.74, 6) is 0.444. The highest BCUT2D eigenvalue weighted by Crippen LogP contribution is 2.35. The van der Waals surface area contributed by atoms with Gasteiger partial charge in [0.2, 0.25) is 0 Å². The molecule has 3 rings (SSSR count). The van der Waals surface area contributed by atoms with Crippen LogP contribution in [0.15, 0.2) is 24.3 Å². The minimum atomic E-state index is -0.418. The van der Waals surface area contributed by atoms with Gasteiger partial charge in [-0.05, 0) is 6.07 Å². The molecule has 2 amide bonds. The number of ether oxygens (including phenoxy) is 2. The predicted molar refractivity (Wildman–Crippen MR) is 70.8 cm³/mol. The van der Waals surface area contributed by atoms with Crippen LogP contribution in [0.4, 0.5) is 5.82 Å². The fraction of sp³-hybridized carbons (Fsp3) is 0.154. The average molecular weight is 273 g/mol. The van der Waals surface area contributed by atoms with E-state index in [0.29, 0.717) is 22.4 Å². The molecule has 0 radical (unpaired) electrons. The van der Waals surface area contributed by atoms with Crippen LogP contribution in [0.5, 0.6) is 11.5 Å². The molecule has 1 N–H and O–H groups in total. The monoisotopic (exact) mass is 273 g/mol. The number of aromatic amines is 1. The molecule has 0 saturated heterocycles. The van der Waals surface area contributed by atoms with Crippen LogP contribution in [0.1, 0.15) is 0 Å². The molecule has 1 aliphatic heterocycles. The number of carbonyl (C=O) groups excluding carboxylic acids is 2. The number of hydrogen-bond acceptors (Lipinski definition) is 5. The van der Waals surface area contributed by atoms with Crippen molar-refractivity contribution in [2.45, 2.75) is 0 Å². The second-order valence-electron chi connectivity index (χ2n) is 4.15. The number of H-pyrrole nitrogens is 1. The van der Waals surface area contributed by atoms with Gasteiger partial charge in [-0.3, -0.25) is 14.7 Å². The summed E-state index contributed by atoms with van der Waals surface area (Å²) in [6.45, 7) is 0. The largest absolute Gasteiger partial charge is 0.493 e. The van der Waals surface area contributed by atoms with Crippen molar-refractivity contribution in [3.63, 3.8) is 0 Å². The summed E-state index contributed by atoms with van der Waals surface area (Å²) < 4.78 is 10.4. The van der Waals surface area contributed by atoms with Crippen LogP contribution in [0.2, 0.25) is 0 Å². The molecule has 0 spiro atoms. The molecule has 1 aromatic carbocycles. The second kappa shape index (κ2) is 4.37. The lowest BCUT2D eigenvalue weighted by Crippen LogP contribution is -2.30. The number of amides is 2. The van der Waals surface area contributed by atoms with Gasteiger partial charge in [-0.15, -0.1) is 0 Å². The van der Waals surface area contributed by atoms with E-state index < -0.39 is 11.8 Å². The van der Waals surface area contributed by atoms with Gasteiger partial charge >= 0.3 is 0 Å². The highest BCUT2D eigenvalue weighted by Gasteiger charge is 2.29. The first-order valence-electron chi connectivity index (χ1n) is 5.82. The maximum atomic E-state index is 11.7. The summed E-state index contributed by atoms with van der Waals surface area (Å²) in [6, 6.07) is 3.37. The van der Waals surface area contributed by atoms with Crippen molar-refractivity contribution >= 4 is 28.5 Å². The van der Waals surface area contributed by atoms with Crippen LogP contribution in [0, 0.1) is 0 Å². The third-order valence-electron chi connectivity index (χ3n) is 3.07. The lowest BCUT2D eigenvalue weighted by molar-refractivity contribution is -0.120. The zero-order valence-corrected chi connectivity index (χ0v) is 10.8. The Morgan fingerprint density at radius 2 is 1.65 bits per heavy atom. The van der Waals surface area contributed by atoms with Crippen molar-refractivity contribution in [1.29, 1.82) is 0 Å². The molecular weight excluding hydrogens is 262 g/mol. The first kappa shape index (κ1) is 12.2. The standard InChI is InChI=1S/C13H11N3O4/c1-19-9-5-7-8(6-10(9)20-2)14-15-13(7)16-11(17)3-4-12(16)18/h3-6H,1-2H3,(H,14,15). The zero-order chi connectivity index (χ0) is 14.3. The van der Waals surface area contributed by atoms with E-state index in [1.165, 1.54) is 26.4 Å². The van der Waals surface area contributed by atoms with Crippen LogP contribution in [-0.4, -0.2) is 36.2 Å². The number of anilines is 1. The summed E-state index contributed by atoms with van der Waals surface area (Å²) in [6.07, 6.45) is 2.42. The molecule has 7 nitrogen and oxygen atoms in total. The normalized spacial score (nSPS) is 14.4. The molecule has 102 valence electrons. The van der Waals surface area contributed by atoms with Crippen LogP contribution in [0.3, 0.4) is 0 Å². The van der Waals surface area contributed by atoms with Gasteiger partial charge in [0.05, 0.1) is 19.7 Å². The van der Waals surface area contributed by atoms with Crippen molar-refractivity contribution in [2.75, 3.05) is 19.1 Å². The Labute approximate surface area is 113 Å². The van der Waals surface area contributed by atoms with E-state index >= 15 is 0 Å². The van der Waals surface area contributed by atoms with Gasteiger partial charge < -0.3 is 9.47 Å². The molecular formula is C13H11N3O4. The van der Waals surface area contributed by atoms with Crippen LogP contribution in [0.25, 0.3) is 10.9 Å². The van der Waals surface area contributed by atoms with E-state index in [4.69, 9.17) is 9.47 Å². The first-order valence-corrected chi connectivity index (χ1v) is 5.82. The fourth-order valence-electron chi connectivity index (χ4n) is 2.11. The molecule has 2 heterocycles.